The van der Waals surface area contributed by atoms with Gasteiger partial charge in [-0.05, 0) is 31.2 Å². The van der Waals surface area contributed by atoms with Crippen LogP contribution in [-0.4, -0.2) is 25.5 Å². The molecule has 32 heavy (non-hydrogen) atoms. The van der Waals surface area contributed by atoms with Crippen molar-refractivity contribution in [2.45, 2.75) is 13.1 Å². The molecule has 0 fully saturated rings. The van der Waals surface area contributed by atoms with Gasteiger partial charge in [-0.25, -0.2) is 4.39 Å². The summed E-state index contributed by atoms with van der Waals surface area (Å²) >= 11 is 0. The third-order valence-electron chi connectivity index (χ3n) is 4.33. The molecule has 4 rings (SSSR count). The van der Waals surface area contributed by atoms with Gasteiger partial charge in [0.15, 0.2) is 17.0 Å². The Hall–Kier alpha value is -4.23. The first kappa shape index (κ1) is 22.5. The normalized spacial score (nSPS) is 11.3. The fraction of sp³-hybridized carbons (Fsp3) is 0.174. The van der Waals surface area contributed by atoms with Crippen molar-refractivity contribution in [2.75, 3.05) is 13.2 Å². The molecule has 4 aromatic rings. The van der Waals surface area contributed by atoms with Gasteiger partial charge in [0.25, 0.3) is 0 Å². The van der Waals surface area contributed by atoms with E-state index in [0.29, 0.717) is 16.9 Å². The Labute approximate surface area is 179 Å². The second-order valence-corrected chi connectivity index (χ2v) is 6.57. The smallest absolute Gasteiger partial charge is 0.373 e. The van der Waals surface area contributed by atoms with Gasteiger partial charge >= 0.3 is 6.15 Å². The van der Waals surface area contributed by atoms with Crippen LogP contribution in [-0.2, 0) is 9.59 Å². The molecule has 164 valence electrons. The zero-order valence-corrected chi connectivity index (χ0v) is 16.8. The zero-order valence-electron chi connectivity index (χ0n) is 16.8. The molecule has 0 aliphatic rings. The van der Waals surface area contributed by atoms with Gasteiger partial charge in [-0.2, -0.15) is 9.59 Å². The molecular formula is C23H17FO8. The van der Waals surface area contributed by atoms with Gasteiger partial charge < -0.3 is 18.3 Å². The SMILES string of the molecule is Cc1cc(=O)c2c(OCC([18F])COc3cccc4occc(=O)c34)cccc2o1.O=C=O. The van der Waals surface area contributed by atoms with Crippen LogP contribution in [0.15, 0.2) is 73.2 Å². The van der Waals surface area contributed by atoms with E-state index in [-0.39, 0.29) is 52.5 Å². The molecule has 0 aliphatic heterocycles. The number of ether oxygens (including phenoxy) is 2. The summed E-state index contributed by atoms with van der Waals surface area (Å²) < 4.78 is 36.2. The van der Waals surface area contributed by atoms with Gasteiger partial charge in [0, 0.05) is 12.1 Å². The maximum atomic E-state index is 14.4. The second-order valence-electron chi connectivity index (χ2n) is 6.57. The van der Waals surface area contributed by atoms with Crippen LogP contribution in [0.5, 0.6) is 11.5 Å². The molecule has 1 atom stereocenters. The summed E-state index contributed by atoms with van der Waals surface area (Å²) in [5.41, 5.74) is 0.209. The number of hydrogen-bond acceptors (Lipinski definition) is 8. The Morgan fingerprint density at radius 2 is 1.47 bits per heavy atom. The van der Waals surface area contributed by atoms with Gasteiger partial charge in [-0.3, -0.25) is 9.59 Å². The van der Waals surface area contributed by atoms with Crippen molar-refractivity contribution in [3.05, 3.63) is 81.0 Å². The number of carbonyl (C=O) groups excluding carboxylic acids is 2. The van der Waals surface area contributed by atoms with Crippen LogP contribution in [0.1, 0.15) is 5.76 Å². The predicted molar refractivity (Wildman–Crippen MR) is 111 cm³/mol. The highest BCUT2D eigenvalue weighted by Gasteiger charge is 2.15. The summed E-state index contributed by atoms with van der Waals surface area (Å²) in [6.07, 6.45) is 0.0522. The van der Waals surface area contributed by atoms with Crippen LogP contribution in [0, 0.1) is 6.92 Å². The van der Waals surface area contributed by atoms with E-state index in [1.54, 1.807) is 43.3 Å². The molecule has 2 aromatic heterocycles. The van der Waals surface area contributed by atoms with Crippen LogP contribution in [0.4, 0.5) is 4.39 Å². The number of rotatable bonds is 6. The van der Waals surface area contributed by atoms with E-state index in [9.17, 15) is 14.0 Å². The summed E-state index contributed by atoms with van der Waals surface area (Å²) in [5, 5.41) is 0.517. The van der Waals surface area contributed by atoms with Crippen molar-refractivity contribution in [2.24, 2.45) is 0 Å². The molecule has 0 aliphatic carbocycles. The van der Waals surface area contributed by atoms with Gasteiger partial charge in [-0.15, -0.1) is 0 Å². The van der Waals surface area contributed by atoms with E-state index in [1.807, 2.05) is 0 Å². The summed E-state index contributed by atoms with van der Waals surface area (Å²) in [4.78, 5) is 40.5. The Bertz CT molecular complexity index is 1380. The van der Waals surface area contributed by atoms with Crippen LogP contribution < -0.4 is 20.3 Å². The first-order valence-electron chi connectivity index (χ1n) is 9.37. The lowest BCUT2D eigenvalue weighted by Gasteiger charge is -2.13. The maximum Gasteiger partial charge on any atom is 0.373 e. The molecule has 0 spiro atoms. The van der Waals surface area contributed by atoms with Crippen LogP contribution in [0.3, 0.4) is 0 Å². The van der Waals surface area contributed by atoms with E-state index >= 15 is 0 Å². The topological polar surface area (TPSA) is 113 Å². The molecule has 2 aromatic carbocycles. The van der Waals surface area contributed by atoms with Crippen LogP contribution in [0.2, 0.25) is 0 Å². The van der Waals surface area contributed by atoms with Gasteiger partial charge in [0.05, 0.1) is 6.26 Å². The lowest BCUT2D eigenvalue weighted by Crippen LogP contribution is -2.21. The number of aryl methyl sites for hydroxylation is 1. The highest BCUT2D eigenvalue weighted by atomic mass is 18.2. The third-order valence-corrected chi connectivity index (χ3v) is 4.33. The zero-order chi connectivity index (χ0) is 23.1. The van der Waals surface area contributed by atoms with Crippen LogP contribution >= 0.6 is 0 Å². The summed E-state index contributed by atoms with van der Waals surface area (Å²) in [5.74, 6) is 0.960. The van der Waals surface area contributed by atoms with Crippen molar-refractivity contribution in [3.8, 4) is 11.5 Å². The highest BCUT2D eigenvalue weighted by molar-refractivity contribution is 5.83. The molecule has 9 heteroatoms. The average Bonchev–Trinajstić information content (AvgIpc) is 2.76. The Balaban J connectivity index is 0.000000913. The Morgan fingerprint density at radius 1 is 0.906 bits per heavy atom. The molecule has 0 saturated carbocycles. The highest BCUT2D eigenvalue weighted by Crippen LogP contribution is 2.24. The molecule has 2 heterocycles. The minimum Gasteiger partial charge on any atom is -0.489 e. The van der Waals surface area contributed by atoms with Crippen molar-refractivity contribution >= 4 is 28.1 Å². The van der Waals surface area contributed by atoms with Gasteiger partial charge in [-0.1, -0.05) is 12.1 Å². The average molecular weight is 439 g/mol. The second kappa shape index (κ2) is 10.2. The molecule has 8 nitrogen and oxygen atoms in total. The monoisotopic (exact) mass is 439 g/mol. The summed E-state index contributed by atoms with van der Waals surface area (Å²) in [7, 11) is 0. The van der Waals surface area contributed by atoms with E-state index in [4.69, 9.17) is 27.9 Å². The molecule has 0 amide bonds. The fourth-order valence-electron chi connectivity index (χ4n) is 3.05. The predicted octanol–water partition coefficient (Wildman–Crippen LogP) is 3.42. The maximum absolute atomic E-state index is 14.4. The Morgan fingerprint density at radius 3 is 2.09 bits per heavy atom. The molecule has 0 saturated heterocycles. The summed E-state index contributed by atoms with van der Waals surface area (Å²) in [6.45, 7) is 1.02. The molecule has 0 bridgehead atoms. The molecule has 0 radical (unpaired) electrons. The number of alkyl halides is 1. The molecule has 1 unspecified atom stereocenters. The first-order valence-corrected chi connectivity index (χ1v) is 9.37. The standard InChI is InChI=1S/C22H17FO6.CO2/c1-13-10-16(25)22-19(6-3-7-20(22)29-13)28-12-14(23)11-27-18-5-2-4-17-21(18)15(24)8-9-26-17;2-1-3/h2-10,14H,11-12H2,1H3;/i23-1;. The van der Waals surface area contributed by atoms with Crippen molar-refractivity contribution in [3.63, 3.8) is 0 Å². The first-order chi connectivity index (χ1) is 15.4. The summed E-state index contributed by atoms with van der Waals surface area (Å²) in [6, 6.07) is 12.4. The minimum atomic E-state index is -1.49. The van der Waals surface area contributed by atoms with E-state index in [1.165, 1.54) is 18.4 Å². The van der Waals surface area contributed by atoms with E-state index < -0.39 is 6.17 Å². The minimum absolute atomic E-state index is 0.237. The van der Waals surface area contributed by atoms with Crippen molar-refractivity contribution < 1.29 is 32.3 Å². The van der Waals surface area contributed by atoms with E-state index in [0.717, 1.165) is 0 Å². The number of hydrogen-bond donors (Lipinski definition) is 0. The van der Waals surface area contributed by atoms with Crippen molar-refractivity contribution in [1.29, 1.82) is 0 Å². The Kier molecular flexibility index (Phi) is 7.15. The largest absolute Gasteiger partial charge is 0.489 e. The van der Waals surface area contributed by atoms with Crippen LogP contribution in [0.25, 0.3) is 21.9 Å². The lowest BCUT2D eigenvalue weighted by molar-refractivity contribution is -0.191. The van der Waals surface area contributed by atoms with Gasteiger partial charge in [0.1, 0.15) is 52.4 Å². The molecule has 0 N–H and O–H groups in total. The van der Waals surface area contributed by atoms with E-state index in [2.05, 4.69) is 0 Å². The lowest BCUT2D eigenvalue weighted by atomic mass is 10.2. The third kappa shape index (κ3) is 5.08. The number of halogens is 1. The number of fused-ring (bicyclic) bond motifs is 2. The van der Waals surface area contributed by atoms with Crippen molar-refractivity contribution in [1.82, 2.24) is 0 Å². The van der Waals surface area contributed by atoms with Gasteiger partial charge in [0.2, 0.25) is 0 Å². The number of benzene rings is 2. The molecular weight excluding hydrogens is 422 g/mol. The quantitative estimate of drug-likeness (QED) is 0.449. The fourth-order valence-corrected chi connectivity index (χ4v) is 3.05.